The summed E-state index contributed by atoms with van der Waals surface area (Å²) in [7, 11) is 3.73. The van der Waals surface area contributed by atoms with Crippen LogP contribution in [0.2, 0.25) is 0 Å². The van der Waals surface area contributed by atoms with Gasteiger partial charge in [0.05, 0.1) is 6.61 Å². The largest absolute Gasteiger partial charge is 0.383 e. The number of nitrogens with one attached hydrogen (secondary N) is 1. The van der Waals surface area contributed by atoms with Crippen molar-refractivity contribution in [2.45, 2.75) is 32.4 Å². The zero-order valence-corrected chi connectivity index (χ0v) is 13.0. The van der Waals surface area contributed by atoms with E-state index in [1.165, 1.54) is 6.07 Å². The standard InChI is InChI=1S/C16H27FN2O/c1-5-10-18-14(12-20-4)11-19(3)13(2)15-8-6-7-9-16(15)17/h6-9,13-14,18H,5,10-12H2,1-4H3. The summed E-state index contributed by atoms with van der Waals surface area (Å²) in [5.74, 6) is -0.142. The highest BCUT2D eigenvalue weighted by atomic mass is 19.1. The van der Waals surface area contributed by atoms with Crippen LogP contribution in [0, 0.1) is 5.82 Å². The van der Waals surface area contributed by atoms with Crippen molar-refractivity contribution in [3.8, 4) is 0 Å². The van der Waals surface area contributed by atoms with Crippen LogP contribution in [0.3, 0.4) is 0 Å². The van der Waals surface area contributed by atoms with Crippen molar-refractivity contribution >= 4 is 0 Å². The normalized spacial score (nSPS) is 14.5. The number of hydrogen-bond acceptors (Lipinski definition) is 3. The van der Waals surface area contributed by atoms with E-state index in [1.807, 2.05) is 26.1 Å². The van der Waals surface area contributed by atoms with Gasteiger partial charge in [-0.25, -0.2) is 4.39 Å². The van der Waals surface area contributed by atoms with E-state index in [0.717, 1.165) is 25.1 Å². The molecule has 0 bridgehead atoms. The summed E-state index contributed by atoms with van der Waals surface area (Å²) < 4.78 is 19.1. The summed E-state index contributed by atoms with van der Waals surface area (Å²) >= 11 is 0. The van der Waals surface area contributed by atoms with Crippen LogP contribution in [0.25, 0.3) is 0 Å². The van der Waals surface area contributed by atoms with E-state index in [2.05, 4.69) is 17.1 Å². The van der Waals surface area contributed by atoms with E-state index in [4.69, 9.17) is 4.74 Å². The maximum Gasteiger partial charge on any atom is 0.127 e. The molecule has 0 heterocycles. The van der Waals surface area contributed by atoms with Gasteiger partial charge >= 0.3 is 0 Å². The van der Waals surface area contributed by atoms with E-state index in [9.17, 15) is 4.39 Å². The van der Waals surface area contributed by atoms with Gasteiger partial charge in [-0.05, 0) is 33.0 Å². The van der Waals surface area contributed by atoms with E-state index in [0.29, 0.717) is 6.61 Å². The molecule has 0 radical (unpaired) electrons. The van der Waals surface area contributed by atoms with Crippen LogP contribution in [-0.2, 0) is 4.74 Å². The predicted octanol–water partition coefficient (Wildman–Crippen LogP) is 2.83. The summed E-state index contributed by atoms with van der Waals surface area (Å²) in [6.07, 6.45) is 1.09. The molecular weight excluding hydrogens is 255 g/mol. The molecule has 0 aliphatic rings. The molecule has 0 aliphatic carbocycles. The number of methoxy groups -OCH3 is 1. The third kappa shape index (κ3) is 5.19. The maximum absolute atomic E-state index is 13.8. The van der Waals surface area contributed by atoms with Crippen LogP contribution in [0.5, 0.6) is 0 Å². The van der Waals surface area contributed by atoms with Gasteiger partial charge in [0.2, 0.25) is 0 Å². The summed E-state index contributed by atoms with van der Waals surface area (Å²) in [4.78, 5) is 2.16. The number of rotatable bonds is 9. The average molecular weight is 282 g/mol. The van der Waals surface area contributed by atoms with Crippen molar-refractivity contribution in [3.63, 3.8) is 0 Å². The van der Waals surface area contributed by atoms with Gasteiger partial charge in [-0.15, -0.1) is 0 Å². The Kier molecular flexibility index (Phi) is 7.73. The van der Waals surface area contributed by atoms with Crippen molar-refractivity contribution in [3.05, 3.63) is 35.6 Å². The zero-order chi connectivity index (χ0) is 15.0. The molecule has 3 nitrogen and oxygen atoms in total. The number of ether oxygens (including phenoxy) is 1. The Hall–Kier alpha value is -0.970. The van der Waals surface area contributed by atoms with Gasteiger partial charge in [-0.2, -0.15) is 0 Å². The fourth-order valence-electron chi connectivity index (χ4n) is 2.28. The first-order valence-electron chi connectivity index (χ1n) is 7.27. The molecule has 0 aromatic heterocycles. The average Bonchev–Trinajstić information content (AvgIpc) is 2.44. The lowest BCUT2D eigenvalue weighted by atomic mass is 10.1. The third-order valence-corrected chi connectivity index (χ3v) is 3.58. The second-order valence-electron chi connectivity index (χ2n) is 5.24. The lowest BCUT2D eigenvalue weighted by molar-refractivity contribution is 0.134. The molecule has 0 fully saturated rings. The quantitative estimate of drug-likeness (QED) is 0.754. The van der Waals surface area contributed by atoms with E-state index in [-0.39, 0.29) is 17.9 Å². The van der Waals surface area contributed by atoms with E-state index < -0.39 is 0 Å². The van der Waals surface area contributed by atoms with Gasteiger partial charge in [-0.3, -0.25) is 4.90 Å². The van der Waals surface area contributed by atoms with Crippen LogP contribution >= 0.6 is 0 Å². The molecule has 0 aliphatic heterocycles. The van der Waals surface area contributed by atoms with Crippen LogP contribution < -0.4 is 5.32 Å². The van der Waals surface area contributed by atoms with E-state index >= 15 is 0 Å². The summed E-state index contributed by atoms with van der Waals surface area (Å²) in [6.45, 7) is 6.62. The molecule has 0 amide bonds. The monoisotopic (exact) mass is 282 g/mol. The Morgan fingerprint density at radius 1 is 1.35 bits per heavy atom. The Balaban J connectivity index is 2.63. The van der Waals surface area contributed by atoms with Crippen molar-refractivity contribution in [1.82, 2.24) is 10.2 Å². The summed E-state index contributed by atoms with van der Waals surface area (Å²) in [5, 5.41) is 3.46. The van der Waals surface area contributed by atoms with Crippen LogP contribution in [0.15, 0.2) is 24.3 Å². The van der Waals surface area contributed by atoms with Crippen molar-refractivity contribution in [1.29, 1.82) is 0 Å². The molecule has 0 saturated heterocycles. The molecule has 1 aromatic rings. The first kappa shape index (κ1) is 17.1. The highest BCUT2D eigenvalue weighted by Gasteiger charge is 2.18. The van der Waals surface area contributed by atoms with Gasteiger partial charge in [0.25, 0.3) is 0 Å². The van der Waals surface area contributed by atoms with Crippen LogP contribution in [0.1, 0.15) is 31.9 Å². The molecule has 114 valence electrons. The lowest BCUT2D eigenvalue weighted by Gasteiger charge is -2.29. The fraction of sp³-hybridized carbons (Fsp3) is 0.625. The Bertz CT molecular complexity index is 386. The Morgan fingerprint density at radius 3 is 2.65 bits per heavy atom. The number of likely N-dealkylation sites (N-methyl/N-ethyl adjacent to an activating group) is 1. The molecule has 0 saturated carbocycles. The van der Waals surface area contributed by atoms with Crippen molar-refractivity contribution in [2.24, 2.45) is 0 Å². The van der Waals surface area contributed by atoms with Gasteiger partial charge in [0, 0.05) is 31.3 Å². The number of nitrogens with zero attached hydrogens (tertiary/aromatic N) is 1. The van der Waals surface area contributed by atoms with E-state index in [1.54, 1.807) is 13.2 Å². The predicted molar refractivity (Wildman–Crippen MR) is 81.4 cm³/mol. The van der Waals surface area contributed by atoms with Gasteiger partial charge < -0.3 is 10.1 Å². The fourth-order valence-corrected chi connectivity index (χ4v) is 2.28. The smallest absolute Gasteiger partial charge is 0.127 e. The van der Waals surface area contributed by atoms with Gasteiger partial charge in [0.1, 0.15) is 5.82 Å². The lowest BCUT2D eigenvalue weighted by Crippen LogP contribution is -2.43. The highest BCUT2D eigenvalue weighted by molar-refractivity contribution is 5.20. The SMILES string of the molecule is CCCNC(COC)CN(C)C(C)c1ccccc1F. The Morgan fingerprint density at radius 2 is 2.05 bits per heavy atom. The Labute approximate surface area is 122 Å². The summed E-state index contributed by atoms with van der Waals surface area (Å²) in [6, 6.07) is 7.27. The first-order valence-corrected chi connectivity index (χ1v) is 7.27. The second-order valence-corrected chi connectivity index (χ2v) is 5.24. The minimum atomic E-state index is -0.142. The first-order chi connectivity index (χ1) is 9.60. The molecule has 1 rings (SSSR count). The second kappa shape index (κ2) is 9.06. The van der Waals surface area contributed by atoms with Gasteiger partial charge in [-0.1, -0.05) is 25.1 Å². The molecule has 4 heteroatoms. The van der Waals surface area contributed by atoms with Crippen molar-refractivity contribution < 1.29 is 9.13 Å². The van der Waals surface area contributed by atoms with Crippen LogP contribution in [0.4, 0.5) is 4.39 Å². The number of benzene rings is 1. The van der Waals surface area contributed by atoms with Crippen molar-refractivity contribution in [2.75, 3.05) is 33.9 Å². The number of hydrogen-bond donors (Lipinski definition) is 1. The molecule has 2 unspecified atom stereocenters. The van der Waals surface area contributed by atoms with Crippen LogP contribution in [-0.4, -0.2) is 44.8 Å². The third-order valence-electron chi connectivity index (χ3n) is 3.58. The molecule has 0 spiro atoms. The number of halogens is 1. The maximum atomic E-state index is 13.8. The minimum absolute atomic E-state index is 0.0407. The minimum Gasteiger partial charge on any atom is -0.383 e. The summed E-state index contributed by atoms with van der Waals surface area (Å²) in [5.41, 5.74) is 0.738. The molecule has 1 aromatic carbocycles. The topological polar surface area (TPSA) is 24.5 Å². The highest BCUT2D eigenvalue weighted by Crippen LogP contribution is 2.21. The molecule has 2 atom stereocenters. The zero-order valence-electron chi connectivity index (χ0n) is 13.0. The molecule has 1 N–H and O–H groups in total. The van der Waals surface area contributed by atoms with Gasteiger partial charge in [0.15, 0.2) is 0 Å². The molecular formula is C16H27FN2O. The molecule has 20 heavy (non-hydrogen) atoms.